The van der Waals surface area contributed by atoms with Gasteiger partial charge in [-0.3, -0.25) is 4.68 Å². The molecule has 0 unspecified atom stereocenters. The molecular formula is C9H8ClN3O2S. The third-order valence-corrected chi connectivity index (χ3v) is 3.33. The van der Waals surface area contributed by atoms with Crippen LogP contribution in [0.15, 0.2) is 6.20 Å². The monoisotopic (exact) mass is 257 g/mol. The van der Waals surface area contributed by atoms with Crippen molar-refractivity contribution in [3.05, 3.63) is 21.1 Å². The molecule has 2 aromatic rings. The number of hydrogen-bond acceptors (Lipinski definition) is 4. The summed E-state index contributed by atoms with van der Waals surface area (Å²) in [5, 5.41) is 13.4. The van der Waals surface area contributed by atoms with Gasteiger partial charge >= 0.3 is 5.97 Å². The van der Waals surface area contributed by atoms with E-state index in [2.05, 4.69) is 10.1 Å². The van der Waals surface area contributed by atoms with Gasteiger partial charge < -0.3 is 5.11 Å². The minimum absolute atomic E-state index is 0.0600. The summed E-state index contributed by atoms with van der Waals surface area (Å²) in [6, 6.07) is 0. The quantitative estimate of drug-likeness (QED) is 0.896. The van der Waals surface area contributed by atoms with Crippen LogP contribution in [-0.4, -0.2) is 25.8 Å². The van der Waals surface area contributed by atoms with Crippen LogP contribution in [-0.2, 0) is 7.05 Å². The lowest BCUT2D eigenvalue weighted by atomic mass is 10.3. The van der Waals surface area contributed by atoms with Crippen LogP contribution in [0.3, 0.4) is 0 Å². The molecule has 0 saturated carbocycles. The minimum atomic E-state index is -1.03. The smallest absolute Gasteiger partial charge is 0.365 e. The zero-order valence-corrected chi connectivity index (χ0v) is 10.1. The normalized spacial score (nSPS) is 10.7. The Balaban J connectivity index is 2.61. The van der Waals surface area contributed by atoms with Gasteiger partial charge in [0, 0.05) is 11.9 Å². The van der Waals surface area contributed by atoms with Gasteiger partial charge in [0.05, 0.1) is 11.2 Å². The van der Waals surface area contributed by atoms with Crippen LogP contribution in [0.25, 0.3) is 11.4 Å². The first-order chi connectivity index (χ1) is 7.50. The summed E-state index contributed by atoms with van der Waals surface area (Å²) < 4.78 is 1.58. The Hall–Kier alpha value is -1.40. The molecule has 0 atom stereocenters. The number of thiazole rings is 1. The van der Waals surface area contributed by atoms with Gasteiger partial charge in [-0.1, -0.05) is 11.6 Å². The van der Waals surface area contributed by atoms with Crippen molar-refractivity contribution >= 4 is 28.9 Å². The SMILES string of the molecule is Cc1sc(C(=O)O)nc1-c1c(Cl)cnn1C. The Morgan fingerprint density at radius 1 is 1.62 bits per heavy atom. The minimum Gasteiger partial charge on any atom is -0.476 e. The van der Waals surface area contributed by atoms with Crippen molar-refractivity contribution < 1.29 is 9.90 Å². The van der Waals surface area contributed by atoms with Crippen molar-refractivity contribution in [3.63, 3.8) is 0 Å². The number of halogens is 1. The lowest BCUT2D eigenvalue weighted by Gasteiger charge is -1.99. The van der Waals surface area contributed by atoms with Crippen LogP contribution in [0.1, 0.15) is 14.7 Å². The van der Waals surface area contributed by atoms with Crippen LogP contribution in [0.5, 0.6) is 0 Å². The molecule has 0 radical (unpaired) electrons. The fourth-order valence-electron chi connectivity index (χ4n) is 1.38. The second-order valence-corrected chi connectivity index (χ2v) is 4.80. The van der Waals surface area contributed by atoms with Crippen LogP contribution >= 0.6 is 22.9 Å². The zero-order chi connectivity index (χ0) is 11.9. The Morgan fingerprint density at radius 3 is 2.75 bits per heavy atom. The lowest BCUT2D eigenvalue weighted by molar-refractivity contribution is 0.0696. The van der Waals surface area contributed by atoms with E-state index in [1.165, 1.54) is 6.20 Å². The van der Waals surface area contributed by atoms with Crippen molar-refractivity contribution in [2.45, 2.75) is 6.92 Å². The molecule has 0 aliphatic carbocycles. The Labute approximate surface area is 100 Å². The van der Waals surface area contributed by atoms with E-state index < -0.39 is 5.97 Å². The maximum atomic E-state index is 10.8. The highest BCUT2D eigenvalue weighted by molar-refractivity contribution is 7.13. The number of aromatic nitrogens is 3. The third-order valence-electron chi connectivity index (χ3n) is 2.10. The molecule has 0 amide bonds. The number of carboxylic acid groups (broad SMARTS) is 1. The highest BCUT2D eigenvalue weighted by atomic mass is 35.5. The molecule has 0 aliphatic rings. The lowest BCUT2D eigenvalue weighted by Crippen LogP contribution is -1.97. The molecule has 1 N–H and O–H groups in total. The molecule has 16 heavy (non-hydrogen) atoms. The molecular weight excluding hydrogens is 250 g/mol. The zero-order valence-electron chi connectivity index (χ0n) is 8.56. The van der Waals surface area contributed by atoms with Gasteiger partial charge in [0.1, 0.15) is 11.4 Å². The molecule has 2 aromatic heterocycles. The molecule has 2 heterocycles. The largest absolute Gasteiger partial charge is 0.476 e. The summed E-state index contributed by atoms with van der Waals surface area (Å²) in [6.07, 6.45) is 1.51. The van der Waals surface area contributed by atoms with Crippen molar-refractivity contribution in [1.82, 2.24) is 14.8 Å². The molecule has 0 spiro atoms. The fraction of sp³-hybridized carbons (Fsp3) is 0.222. The first kappa shape index (κ1) is 11.1. The first-order valence-corrected chi connectivity index (χ1v) is 5.58. The van der Waals surface area contributed by atoms with E-state index in [0.717, 1.165) is 16.2 Å². The van der Waals surface area contributed by atoms with E-state index in [0.29, 0.717) is 16.4 Å². The van der Waals surface area contributed by atoms with Crippen molar-refractivity contribution in [2.75, 3.05) is 0 Å². The molecule has 0 fully saturated rings. The fourth-order valence-corrected chi connectivity index (χ4v) is 2.39. The van der Waals surface area contributed by atoms with Gasteiger partial charge in [0.25, 0.3) is 0 Å². The van der Waals surface area contributed by atoms with Crippen LogP contribution in [0.2, 0.25) is 5.02 Å². The van der Waals surface area contributed by atoms with Crippen molar-refractivity contribution in [2.24, 2.45) is 7.05 Å². The molecule has 2 rings (SSSR count). The summed E-state index contributed by atoms with van der Waals surface area (Å²) in [5.74, 6) is -1.03. The average Bonchev–Trinajstić information content (AvgIpc) is 2.71. The van der Waals surface area contributed by atoms with Crippen LogP contribution < -0.4 is 0 Å². The van der Waals surface area contributed by atoms with Gasteiger partial charge in [0.15, 0.2) is 0 Å². The Kier molecular flexibility index (Phi) is 2.69. The van der Waals surface area contributed by atoms with Crippen molar-refractivity contribution in [3.8, 4) is 11.4 Å². The van der Waals surface area contributed by atoms with E-state index >= 15 is 0 Å². The summed E-state index contributed by atoms with van der Waals surface area (Å²) in [6.45, 7) is 1.81. The first-order valence-electron chi connectivity index (χ1n) is 4.39. The summed E-state index contributed by atoms with van der Waals surface area (Å²) in [4.78, 5) is 15.7. The van der Waals surface area contributed by atoms with Gasteiger partial charge in [-0.15, -0.1) is 11.3 Å². The number of rotatable bonds is 2. The maximum absolute atomic E-state index is 10.8. The number of aromatic carboxylic acids is 1. The van der Waals surface area contributed by atoms with Crippen molar-refractivity contribution in [1.29, 1.82) is 0 Å². The van der Waals surface area contributed by atoms with E-state index in [9.17, 15) is 4.79 Å². The molecule has 0 saturated heterocycles. The number of carboxylic acids is 1. The molecule has 84 valence electrons. The summed E-state index contributed by atoms with van der Waals surface area (Å²) in [7, 11) is 1.74. The predicted molar refractivity (Wildman–Crippen MR) is 61.0 cm³/mol. The van der Waals surface area contributed by atoms with E-state index in [1.807, 2.05) is 6.92 Å². The van der Waals surface area contributed by atoms with E-state index in [4.69, 9.17) is 16.7 Å². The number of carbonyl (C=O) groups is 1. The molecule has 5 nitrogen and oxygen atoms in total. The van der Waals surface area contributed by atoms with Gasteiger partial charge in [-0.2, -0.15) is 5.10 Å². The van der Waals surface area contributed by atoms with E-state index in [1.54, 1.807) is 11.7 Å². The summed E-state index contributed by atoms with van der Waals surface area (Å²) >= 11 is 7.10. The molecule has 0 aromatic carbocycles. The topological polar surface area (TPSA) is 68.0 Å². The maximum Gasteiger partial charge on any atom is 0.365 e. The molecule has 0 bridgehead atoms. The third kappa shape index (κ3) is 1.70. The van der Waals surface area contributed by atoms with Gasteiger partial charge in [-0.25, -0.2) is 9.78 Å². The number of hydrogen-bond donors (Lipinski definition) is 1. The number of nitrogens with zero attached hydrogens (tertiary/aromatic N) is 3. The summed E-state index contributed by atoms with van der Waals surface area (Å²) in [5.41, 5.74) is 1.22. The molecule has 0 aliphatic heterocycles. The number of aryl methyl sites for hydroxylation is 2. The van der Waals surface area contributed by atoms with Gasteiger partial charge in [-0.05, 0) is 6.92 Å². The second-order valence-electron chi connectivity index (χ2n) is 3.19. The predicted octanol–water partition coefficient (Wildman–Crippen LogP) is 2.20. The molecule has 7 heteroatoms. The van der Waals surface area contributed by atoms with Crippen LogP contribution in [0, 0.1) is 6.92 Å². The van der Waals surface area contributed by atoms with Gasteiger partial charge in [0.2, 0.25) is 5.01 Å². The standard InChI is InChI=1S/C9H8ClN3O2S/c1-4-6(12-8(16-4)9(14)15)7-5(10)3-11-13(7)2/h3H,1-2H3,(H,14,15). The highest BCUT2D eigenvalue weighted by Crippen LogP contribution is 2.31. The Morgan fingerprint density at radius 2 is 2.31 bits per heavy atom. The van der Waals surface area contributed by atoms with Crippen LogP contribution in [0.4, 0.5) is 0 Å². The van der Waals surface area contributed by atoms with E-state index in [-0.39, 0.29) is 5.01 Å². The highest BCUT2D eigenvalue weighted by Gasteiger charge is 2.19. The average molecular weight is 258 g/mol. The second kappa shape index (κ2) is 3.88. The Bertz CT molecular complexity index is 542.